The normalized spacial score (nSPS) is 22.9. The van der Waals surface area contributed by atoms with Crippen molar-refractivity contribution in [2.24, 2.45) is 0 Å². The highest BCUT2D eigenvalue weighted by Crippen LogP contribution is 2.43. The van der Waals surface area contributed by atoms with E-state index in [1.807, 2.05) is 0 Å². The summed E-state index contributed by atoms with van der Waals surface area (Å²) in [5.74, 6) is -0.390. The third-order valence-electron chi connectivity index (χ3n) is 15.7. The number of carbonyl (C=O) groups is 1. The zero-order valence-electron chi connectivity index (χ0n) is 56.1. The standard InChI is InChI=1S/C64H125NO23P2/c1-7-11-15-19-20-21-22-23-24-25-26-27-28-30-32-36-56(66)65-57-60(80-40-37-53(75-6)35-31-29-16-12-8-2)59(88-90(71,72)73)55(51-74-5)87-63(57)84-52-54-58(67)61(81-47-45-78-43-41-76-38-33-17-13-9-3)62(64(86-54)83-49-50-85-89(68,69)70)82-48-46-79-44-42-77-39-34-18-14-10-4/h23-24,53-55,57-64,67H,7-22,25-52H2,1-6H3,(H,65,66)(H2,68,69,70)(H2,71,72,73)/b24-23+/t53-,54-,55-,57-,58-,59-,60-,61+,62-,63-,64+/m1/s1. The molecule has 0 spiro atoms. The van der Waals surface area contributed by atoms with Gasteiger partial charge in [-0.3, -0.25) is 13.8 Å². The molecule has 0 bridgehead atoms. The zero-order valence-corrected chi connectivity index (χ0v) is 57.9. The number of rotatable bonds is 63. The molecule has 2 rings (SSSR count). The van der Waals surface area contributed by atoms with E-state index in [-0.39, 0.29) is 52.2 Å². The Morgan fingerprint density at radius 1 is 0.467 bits per heavy atom. The van der Waals surface area contributed by atoms with E-state index in [2.05, 4.69) is 49.7 Å². The van der Waals surface area contributed by atoms with Crippen LogP contribution in [-0.4, -0.2) is 211 Å². The molecule has 534 valence electrons. The molecule has 0 aromatic rings. The van der Waals surface area contributed by atoms with Crippen molar-refractivity contribution in [1.29, 1.82) is 0 Å². The molecule has 0 aromatic heterocycles. The maximum absolute atomic E-state index is 14.2. The summed E-state index contributed by atoms with van der Waals surface area (Å²) in [6.45, 7) is 9.90. The van der Waals surface area contributed by atoms with Crippen LogP contribution in [0.15, 0.2) is 12.2 Å². The first-order valence-corrected chi connectivity index (χ1v) is 37.5. The van der Waals surface area contributed by atoms with Crippen molar-refractivity contribution in [3.05, 3.63) is 12.2 Å². The van der Waals surface area contributed by atoms with Crippen LogP contribution in [0.4, 0.5) is 0 Å². The first-order valence-electron chi connectivity index (χ1n) is 34.4. The molecule has 0 aliphatic carbocycles. The zero-order chi connectivity index (χ0) is 65.8. The van der Waals surface area contributed by atoms with Crippen molar-refractivity contribution in [1.82, 2.24) is 5.32 Å². The quantitative estimate of drug-likeness (QED) is 0.0187. The van der Waals surface area contributed by atoms with E-state index < -0.39 is 103 Å². The van der Waals surface area contributed by atoms with Gasteiger partial charge in [0.15, 0.2) is 12.6 Å². The number of hydrogen-bond acceptors (Lipinski definition) is 19. The van der Waals surface area contributed by atoms with Crippen molar-refractivity contribution in [3.8, 4) is 0 Å². The van der Waals surface area contributed by atoms with E-state index >= 15 is 0 Å². The number of ether oxygens (including phenoxy) is 13. The first-order chi connectivity index (χ1) is 43.6. The van der Waals surface area contributed by atoms with Crippen molar-refractivity contribution < 1.29 is 109 Å². The van der Waals surface area contributed by atoms with E-state index in [4.69, 9.17) is 66.1 Å². The lowest BCUT2D eigenvalue weighted by molar-refractivity contribution is -0.332. The summed E-state index contributed by atoms with van der Waals surface area (Å²) in [5, 5.41) is 15.3. The second-order valence-corrected chi connectivity index (χ2v) is 25.9. The molecule has 11 atom stereocenters. The molecule has 1 amide bonds. The van der Waals surface area contributed by atoms with Crippen molar-refractivity contribution in [2.75, 3.05) is 113 Å². The molecule has 2 fully saturated rings. The van der Waals surface area contributed by atoms with Crippen LogP contribution in [0.3, 0.4) is 0 Å². The van der Waals surface area contributed by atoms with Gasteiger partial charge >= 0.3 is 15.6 Å². The molecule has 0 aromatic carbocycles. The van der Waals surface area contributed by atoms with Gasteiger partial charge in [0.1, 0.15) is 48.8 Å². The maximum Gasteiger partial charge on any atom is 0.470 e. The van der Waals surface area contributed by atoms with E-state index in [1.165, 1.54) is 45.6 Å². The summed E-state index contributed by atoms with van der Waals surface area (Å²) in [6.07, 6.45) is 21.8. The monoisotopic (exact) mass is 1340 g/mol. The fourth-order valence-corrected chi connectivity index (χ4v) is 11.6. The van der Waals surface area contributed by atoms with Crippen LogP contribution in [0.25, 0.3) is 0 Å². The van der Waals surface area contributed by atoms with Crippen molar-refractivity contribution in [3.63, 3.8) is 0 Å². The lowest BCUT2D eigenvalue weighted by Crippen LogP contribution is -2.67. The Balaban J connectivity index is 2.45. The predicted molar refractivity (Wildman–Crippen MR) is 343 cm³/mol. The van der Waals surface area contributed by atoms with Crippen LogP contribution in [0.5, 0.6) is 0 Å². The van der Waals surface area contributed by atoms with Crippen molar-refractivity contribution >= 4 is 21.6 Å². The number of phosphoric acid groups is 2. The van der Waals surface area contributed by atoms with Crippen LogP contribution >= 0.6 is 15.6 Å². The molecule has 2 saturated heterocycles. The summed E-state index contributed by atoms with van der Waals surface area (Å²) < 4.78 is 114. The summed E-state index contributed by atoms with van der Waals surface area (Å²) in [4.78, 5) is 53.8. The highest BCUT2D eigenvalue weighted by molar-refractivity contribution is 7.46. The Hall–Kier alpha value is -1.13. The largest absolute Gasteiger partial charge is 0.470 e. The van der Waals surface area contributed by atoms with Gasteiger partial charge in [0.25, 0.3) is 0 Å². The fraction of sp³-hybridized carbons (Fsp3) is 0.953. The molecule has 2 heterocycles. The second kappa shape index (κ2) is 55.9. The van der Waals surface area contributed by atoms with Crippen molar-refractivity contribution in [2.45, 2.75) is 281 Å². The Morgan fingerprint density at radius 2 is 0.944 bits per heavy atom. The SMILES string of the molecule is CCCCCCCC/C=C/CCCCCCCC(=O)N[C@H]1[C@H](OC[C@H]2O[C@H](OCCOP(=O)(O)O)[C@H](OCCOCCOCCCCCC)[C@@H](OCCOCCOCCCCCC)[C@@H]2O)O[C@H](COC)[C@@H](OP(=O)(O)O)[C@@H]1OCC[C@@H](CCCCCCC)OC. The van der Waals surface area contributed by atoms with Crippen LogP contribution in [-0.2, 0) is 84.6 Å². The number of aliphatic hydroxyl groups is 1. The lowest BCUT2D eigenvalue weighted by Gasteiger charge is -2.47. The summed E-state index contributed by atoms with van der Waals surface area (Å²) in [7, 11) is -7.12. The third-order valence-corrected chi connectivity index (χ3v) is 16.8. The molecule has 0 radical (unpaired) electrons. The Morgan fingerprint density at radius 3 is 1.49 bits per heavy atom. The molecule has 90 heavy (non-hydrogen) atoms. The minimum Gasteiger partial charge on any atom is -0.387 e. The number of methoxy groups -OCH3 is 2. The van der Waals surface area contributed by atoms with Crippen LogP contribution in [0, 0.1) is 0 Å². The van der Waals surface area contributed by atoms with E-state index in [9.17, 15) is 38.6 Å². The average molecular weight is 1340 g/mol. The number of amides is 1. The molecule has 0 unspecified atom stereocenters. The summed E-state index contributed by atoms with van der Waals surface area (Å²) in [6, 6.07) is -1.26. The van der Waals surface area contributed by atoms with Gasteiger partial charge in [-0.2, -0.15) is 0 Å². The van der Waals surface area contributed by atoms with Gasteiger partial charge in [0.05, 0.1) is 85.4 Å². The number of unbranched alkanes of at least 4 members (excludes halogenated alkanes) is 21. The van der Waals surface area contributed by atoms with Gasteiger partial charge in [0.2, 0.25) is 5.91 Å². The molecule has 0 saturated carbocycles. The molecule has 26 heteroatoms. The molecule has 24 nitrogen and oxygen atoms in total. The number of allylic oxidation sites excluding steroid dienone is 2. The highest BCUT2D eigenvalue weighted by Gasteiger charge is 2.53. The number of aliphatic hydroxyl groups excluding tert-OH is 1. The molecule has 2 aliphatic rings. The maximum atomic E-state index is 14.2. The minimum atomic E-state index is -5.25. The van der Waals surface area contributed by atoms with Crippen LogP contribution < -0.4 is 5.32 Å². The fourth-order valence-electron chi connectivity index (χ4n) is 10.7. The Bertz CT molecular complexity index is 1790. The Labute approximate surface area is 541 Å². The first kappa shape index (κ1) is 85.0. The summed E-state index contributed by atoms with van der Waals surface area (Å²) in [5.41, 5.74) is 0. The van der Waals surface area contributed by atoms with Gasteiger partial charge < -0.3 is 91.6 Å². The van der Waals surface area contributed by atoms with E-state index in [0.717, 1.165) is 128 Å². The Kier molecular flexibility index (Phi) is 52.8. The predicted octanol–water partition coefficient (Wildman–Crippen LogP) is 10.7. The van der Waals surface area contributed by atoms with E-state index in [0.29, 0.717) is 52.5 Å². The smallest absolute Gasteiger partial charge is 0.387 e. The van der Waals surface area contributed by atoms with Gasteiger partial charge in [-0.15, -0.1) is 0 Å². The van der Waals surface area contributed by atoms with Gasteiger partial charge in [0, 0.05) is 40.5 Å². The summed E-state index contributed by atoms with van der Waals surface area (Å²) >= 11 is 0. The molecular formula is C64H125NO23P2. The number of nitrogens with one attached hydrogen (secondary N) is 1. The van der Waals surface area contributed by atoms with E-state index in [1.54, 1.807) is 7.11 Å². The molecule has 6 N–H and O–H groups in total. The van der Waals surface area contributed by atoms with Crippen LogP contribution in [0.2, 0.25) is 0 Å². The molecule has 2 aliphatic heterocycles. The number of phosphoric ester groups is 2. The number of hydrogen-bond donors (Lipinski definition) is 6. The number of carbonyl (C=O) groups excluding carboxylic acids is 1. The van der Waals surface area contributed by atoms with Crippen LogP contribution in [0.1, 0.15) is 214 Å². The second-order valence-electron chi connectivity index (χ2n) is 23.5. The lowest BCUT2D eigenvalue weighted by atomic mass is 9.95. The minimum absolute atomic E-state index is 0.0122. The van der Waals surface area contributed by atoms with Gasteiger partial charge in [-0.1, -0.05) is 162 Å². The average Bonchev–Trinajstić information content (AvgIpc) is 0.859. The third kappa shape index (κ3) is 43.1. The van der Waals surface area contributed by atoms with Gasteiger partial charge in [-0.25, -0.2) is 9.13 Å². The van der Waals surface area contributed by atoms with Gasteiger partial charge in [-0.05, 0) is 57.8 Å². The molecular weight excluding hydrogens is 1210 g/mol. The topological polar surface area (TPSA) is 303 Å². The highest BCUT2D eigenvalue weighted by atomic mass is 31.2.